The van der Waals surface area contributed by atoms with Crippen LogP contribution in [-0.4, -0.2) is 48.6 Å². The second-order valence-corrected chi connectivity index (χ2v) is 23.1. The largest absolute Gasteiger partial charge is 0.414 e. The lowest BCUT2D eigenvalue weighted by atomic mass is 9.36. The number of hydrogen-bond donors (Lipinski definition) is 3. The quantitative estimate of drug-likeness (QED) is 0.217. The Balaban J connectivity index is 1.44. The van der Waals surface area contributed by atoms with Crippen LogP contribution < -0.4 is 0 Å². The van der Waals surface area contributed by atoms with Crippen LogP contribution in [0.25, 0.3) is 0 Å². The predicted molar refractivity (Wildman–Crippen MR) is 171 cm³/mol. The van der Waals surface area contributed by atoms with Crippen LogP contribution in [0.15, 0.2) is 11.6 Å². The molecule has 1 spiro atoms. The average molecular weight is 589 g/mol. The third-order valence-corrected chi connectivity index (χ3v) is 19.9. The Morgan fingerprint density at radius 2 is 1.68 bits per heavy atom. The highest BCUT2D eigenvalue weighted by Gasteiger charge is 2.83. The number of rotatable bonds is 6. The van der Waals surface area contributed by atoms with Crippen LogP contribution in [0.3, 0.4) is 0 Å². The van der Waals surface area contributed by atoms with Crippen molar-refractivity contribution in [3.8, 4) is 0 Å². The zero-order valence-electron chi connectivity index (χ0n) is 28.4. The third kappa shape index (κ3) is 4.31. The Kier molecular flexibility index (Phi) is 7.77. The summed E-state index contributed by atoms with van der Waals surface area (Å²) >= 11 is 0. The van der Waals surface area contributed by atoms with Crippen molar-refractivity contribution in [3.05, 3.63) is 11.6 Å². The topological polar surface area (TPSA) is 69.9 Å². The van der Waals surface area contributed by atoms with Crippen LogP contribution in [0.2, 0.25) is 18.1 Å². The zero-order chi connectivity index (χ0) is 30.6. The van der Waals surface area contributed by atoms with Gasteiger partial charge >= 0.3 is 0 Å². The Bertz CT molecular complexity index is 1040. The number of hydrogen-bond acceptors (Lipinski definition) is 4. The maximum atomic E-state index is 12.2. The molecule has 12 atom stereocenters. The minimum Gasteiger partial charge on any atom is -0.414 e. The van der Waals surface area contributed by atoms with Gasteiger partial charge in [-0.15, -0.1) is 0 Å². The second kappa shape index (κ2) is 9.90. The van der Waals surface area contributed by atoms with Crippen molar-refractivity contribution in [1.82, 2.24) is 0 Å². The Morgan fingerprint density at radius 3 is 2.27 bits per heavy atom. The van der Waals surface area contributed by atoms with E-state index in [0.29, 0.717) is 17.9 Å². The van der Waals surface area contributed by atoms with E-state index in [1.807, 2.05) is 0 Å². The van der Waals surface area contributed by atoms with Gasteiger partial charge in [-0.1, -0.05) is 60.1 Å². The number of allylic oxidation sites excluding steroid dienone is 2. The standard InChI is InChI=1S/C36H64O4Si/c1-23(2)13-12-16-35(22-37)21-36(35)28-19-26(38)30-32(7)17-15-27(40-41(10,11)31(4,5)6)24(3)25(32)14-18-33(30,8)34(28,9)20-29(36)39/h13,24-30,37-39H,12,14-22H2,1-11H3/t24-,25-,26+,27+,28+,29-,30-,32-,33-,34-,35-,36+/m0/s1. The summed E-state index contributed by atoms with van der Waals surface area (Å²) in [5.74, 6) is 1.55. The maximum absolute atomic E-state index is 12.2. The molecule has 0 unspecified atom stereocenters. The van der Waals surface area contributed by atoms with E-state index >= 15 is 0 Å². The van der Waals surface area contributed by atoms with Gasteiger partial charge in [0.15, 0.2) is 8.32 Å². The van der Waals surface area contributed by atoms with E-state index in [1.165, 1.54) is 12.0 Å². The lowest BCUT2D eigenvalue weighted by Crippen LogP contribution is -2.66. The van der Waals surface area contributed by atoms with E-state index in [2.05, 4.69) is 81.5 Å². The Labute approximate surface area is 253 Å². The lowest BCUT2D eigenvalue weighted by molar-refractivity contribution is -0.240. The highest BCUT2D eigenvalue weighted by Crippen LogP contribution is 2.85. The molecule has 5 saturated carbocycles. The lowest BCUT2D eigenvalue weighted by Gasteiger charge is -2.69. The third-order valence-electron chi connectivity index (χ3n) is 15.4. The minimum absolute atomic E-state index is 0.0262. The first-order valence-corrected chi connectivity index (χ1v) is 20.0. The van der Waals surface area contributed by atoms with E-state index in [-0.39, 0.29) is 56.7 Å². The second-order valence-electron chi connectivity index (χ2n) is 18.3. The van der Waals surface area contributed by atoms with Crippen LogP contribution in [0.4, 0.5) is 0 Å². The normalized spacial score (nSPS) is 51.1. The molecule has 0 aromatic carbocycles. The van der Waals surface area contributed by atoms with Gasteiger partial charge in [0.1, 0.15) is 0 Å². The summed E-state index contributed by atoms with van der Waals surface area (Å²) in [5, 5.41) is 35.1. The van der Waals surface area contributed by atoms with Gasteiger partial charge in [-0.2, -0.15) is 0 Å². The van der Waals surface area contributed by atoms with Crippen molar-refractivity contribution in [3.63, 3.8) is 0 Å². The van der Waals surface area contributed by atoms with E-state index in [0.717, 1.165) is 51.4 Å². The molecule has 5 fully saturated rings. The van der Waals surface area contributed by atoms with Gasteiger partial charge in [-0.05, 0) is 130 Å². The molecule has 0 aliphatic heterocycles. The van der Waals surface area contributed by atoms with Crippen molar-refractivity contribution in [2.75, 3.05) is 6.61 Å². The van der Waals surface area contributed by atoms with Gasteiger partial charge < -0.3 is 19.7 Å². The van der Waals surface area contributed by atoms with Gasteiger partial charge in [0.05, 0.1) is 12.2 Å². The fraction of sp³-hybridized carbons (Fsp3) is 0.944. The van der Waals surface area contributed by atoms with Crippen molar-refractivity contribution >= 4 is 8.32 Å². The number of aliphatic hydroxyl groups excluding tert-OH is 3. The van der Waals surface area contributed by atoms with E-state index < -0.39 is 14.4 Å². The summed E-state index contributed by atoms with van der Waals surface area (Å²) in [5.41, 5.74) is 0.877. The summed E-state index contributed by atoms with van der Waals surface area (Å²) in [6.07, 6.45) is 10.8. The molecule has 5 aliphatic rings. The van der Waals surface area contributed by atoms with Gasteiger partial charge in [0.2, 0.25) is 0 Å². The molecule has 0 radical (unpaired) electrons. The van der Waals surface area contributed by atoms with Gasteiger partial charge in [0, 0.05) is 23.5 Å². The maximum Gasteiger partial charge on any atom is 0.192 e. The molecule has 5 aliphatic carbocycles. The molecule has 0 bridgehead atoms. The highest BCUT2D eigenvalue weighted by atomic mass is 28.4. The SMILES string of the molecule is CC(C)=CCC[C@@]1(CO)C[C@@]12[C@@H](O)C[C@@]1(C)[C@H]2C[C@@H](O)[C@H]2[C@@]3(C)CC[C@@H](O[Si](C)(C)C(C)(C)C)[C@@H](C)[C@@H]3CC[C@@]21C. The van der Waals surface area contributed by atoms with Gasteiger partial charge in [-0.3, -0.25) is 0 Å². The summed E-state index contributed by atoms with van der Waals surface area (Å²) in [6.45, 7) is 26.2. The molecule has 236 valence electrons. The Hall–Kier alpha value is -0.203. The molecule has 0 heterocycles. The molecule has 4 nitrogen and oxygen atoms in total. The predicted octanol–water partition coefficient (Wildman–Crippen LogP) is 8.11. The van der Waals surface area contributed by atoms with Crippen molar-refractivity contribution in [1.29, 1.82) is 0 Å². The fourth-order valence-electron chi connectivity index (χ4n) is 12.0. The molecule has 0 aromatic heterocycles. The average Bonchev–Trinajstić information content (AvgIpc) is 3.45. The van der Waals surface area contributed by atoms with Gasteiger partial charge in [-0.25, -0.2) is 0 Å². The first kappa shape index (κ1) is 32.2. The molecule has 0 saturated heterocycles. The van der Waals surface area contributed by atoms with Crippen LogP contribution in [0.5, 0.6) is 0 Å². The molecule has 5 heteroatoms. The number of fused-ring (bicyclic) bond motifs is 6. The Morgan fingerprint density at radius 1 is 1.02 bits per heavy atom. The molecule has 0 aromatic rings. The first-order valence-electron chi connectivity index (χ1n) is 17.0. The van der Waals surface area contributed by atoms with E-state index in [9.17, 15) is 15.3 Å². The van der Waals surface area contributed by atoms with Crippen LogP contribution in [-0.2, 0) is 4.43 Å². The molecule has 3 N–H and O–H groups in total. The summed E-state index contributed by atoms with van der Waals surface area (Å²) < 4.78 is 7.07. The molecular formula is C36H64O4Si. The van der Waals surface area contributed by atoms with E-state index in [4.69, 9.17) is 4.43 Å². The summed E-state index contributed by atoms with van der Waals surface area (Å²) in [6, 6.07) is 0. The van der Waals surface area contributed by atoms with E-state index in [1.54, 1.807) is 0 Å². The minimum atomic E-state index is -1.86. The van der Waals surface area contributed by atoms with Crippen LogP contribution in [0.1, 0.15) is 120 Å². The molecular weight excluding hydrogens is 524 g/mol. The van der Waals surface area contributed by atoms with Gasteiger partial charge in [0.25, 0.3) is 0 Å². The summed E-state index contributed by atoms with van der Waals surface area (Å²) in [7, 11) is -1.86. The van der Waals surface area contributed by atoms with Crippen molar-refractivity contribution in [2.24, 2.45) is 50.7 Å². The van der Waals surface area contributed by atoms with Crippen LogP contribution >= 0.6 is 0 Å². The zero-order valence-corrected chi connectivity index (χ0v) is 29.4. The first-order chi connectivity index (χ1) is 18.8. The van der Waals surface area contributed by atoms with Crippen molar-refractivity contribution in [2.45, 2.75) is 157 Å². The molecule has 5 rings (SSSR count). The monoisotopic (exact) mass is 588 g/mol. The van der Waals surface area contributed by atoms with Crippen molar-refractivity contribution < 1.29 is 19.7 Å². The number of aliphatic hydroxyl groups is 3. The van der Waals surface area contributed by atoms with Crippen LogP contribution in [0, 0.1) is 50.7 Å². The smallest absolute Gasteiger partial charge is 0.192 e. The highest BCUT2D eigenvalue weighted by molar-refractivity contribution is 6.74. The molecule has 41 heavy (non-hydrogen) atoms. The summed E-state index contributed by atoms with van der Waals surface area (Å²) in [4.78, 5) is 0. The molecule has 0 amide bonds. The fourth-order valence-corrected chi connectivity index (χ4v) is 13.5.